The van der Waals surface area contributed by atoms with Crippen LogP contribution in [-0.4, -0.2) is 76.9 Å². The van der Waals surface area contributed by atoms with Crippen LogP contribution in [0, 0.1) is 0 Å². The van der Waals surface area contributed by atoms with Crippen LogP contribution >= 0.6 is 0 Å². The molecule has 0 saturated carbocycles. The van der Waals surface area contributed by atoms with E-state index in [1.807, 2.05) is 0 Å². The van der Waals surface area contributed by atoms with E-state index in [4.69, 9.17) is 19.3 Å². The highest BCUT2D eigenvalue weighted by Crippen LogP contribution is 2.22. The Hall–Kier alpha value is -1.03. The van der Waals surface area contributed by atoms with Crippen molar-refractivity contribution in [3.8, 4) is 0 Å². The average molecular weight is 306 g/mol. The zero-order valence-electron chi connectivity index (χ0n) is 11.6. The van der Waals surface area contributed by atoms with E-state index in [0.29, 0.717) is 12.8 Å². The second kappa shape index (κ2) is 9.08. The van der Waals surface area contributed by atoms with Crippen LogP contribution in [0.1, 0.15) is 12.8 Å². The molecule has 8 nitrogen and oxygen atoms in total. The molecule has 0 aromatic heterocycles. The maximum atomic E-state index is 10.8. The van der Waals surface area contributed by atoms with Gasteiger partial charge in [-0.05, 0) is 12.8 Å². The van der Waals surface area contributed by atoms with Gasteiger partial charge in [0.15, 0.2) is 6.29 Å². The molecule has 1 rings (SSSR count). The maximum absolute atomic E-state index is 10.8. The average Bonchev–Trinajstić information content (AvgIpc) is 2.50. The monoisotopic (exact) mass is 306 g/mol. The van der Waals surface area contributed by atoms with E-state index in [2.05, 4.69) is 6.58 Å². The number of carbonyl (C=O) groups is 1. The summed E-state index contributed by atoms with van der Waals surface area (Å²) in [5, 5.41) is 37.9. The summed E-state index contributed by atoms with van der Waals surface area (Å²) in [6.07, 6.45) is -4.20. The molecule has 4 N–H and O–H groups in total. The van der Waals surface area contributed by atoms with Crippen molar-refractivity contribution in [1.29, 1.82) is 0 Å². The summed E-state index contributed by atoms with van der Waals surface area (Å²) in [5.41, 5.74) is 0. The Labute approximate surface area is 122 Å². The second-order valence-electron chi connectivity index (χ2n) is 4.65. The third-order valence-electron chi connectivity index (χ3n) is 3.08. The Bertz CT molecular complexity index is 332. The molecular weight excluding hydrogens is 284 g/mol. The van der Waals surface area contributed by atoms with Crippen molar-refractivity contribution < 1.29 is 39.4 Å². The van der Waals surface area contributed by atoms with Crippen LogP contribution < -0.4 is 0 Å². The van der Waals surface area contributed by atoms with Crippen molar-refractivity contribution in [3.63, 3.8) is 0 Å². The van der Waals surface area contributed by atoms with Gasteiger partial charge in [-0.25, -0.2) is 4.79 Å². The number of esters is 1. The van der Waals surface area contributed by atoms with Crippen molar-refractivity contribution in [2.24, 2.45) is 0 Å². The summed E-state index contributed by atoms with van der Waals surface area (Å²) >= 11 is 0. The first kappa shape index (κ1) is 18.0. The van der Waals surface area contributed by atoms with Crippen molar-refractivity contribution >= 4 is 5.97 Å². The third kappa shape index (κ3) is 5.34. The van der Waals surface area contributed by atoms with E-state index in [1.165, 1.54) is 0 Å². The molecule has 1 heterocycles. The molecule has 5 atom stereocenters. The Kier molecular flexibility index (Phi) is 7.79. The molecule has 1 saturated heterocycles. The predicted octanol–water partition coefficient (Wildman–Crippen LogP) is -1.69. The molecule has 0 bridgehead atoms. The lowest BCUT2D eigenvalue weighted by molar-refractivity contribution is -0.301. The smallest absolute Gasteiger partial charge is 0.330 e. The quantitative estimate of drug-likeness (QED) is 0.238. The number of hydrogen-bond donors (Lipinski definition) is 4. The lowest BCUT2D eigenvalue weighted by Gasteiger charge is -2.39. The number of carbonyl (C=O) groups excluding carboxylic acids is 1. The fraction of sp³-hybridized carbons (Fsp3) is 0.769. The van der Waals surface area contributed by atoms with Crippen LogP contribution in [0.15, 0.2) is 12.7 Å². The number of aliphatic hydroxyl groups is 4. The summed E-state index contributed by atoms with van der Waals surface area (Å²) in [6.45, 7) is 3.20. The van der Waals surface area contributed by atoms with Crippen molar-refractivity contribution in [3.05, 3.63) is 12.7 Å². The molecule has 1 aliphatic heterocycles. The van der Waals surface area contributed by atoms with Crippen molar-refractivity contribution in [1.82, 2.24) is 0 Å². The van der Waals surface area contributed by atoms with E-state index in [1.54, 1.807) is 0 Å². The zero-order chi connectivity index (χ0) is 15.8. The first-order valence-corrected chi connectivity index (χ1v) is 6.72. The van der Waals surface area contributed by atoms with Crippen LogP contribution in [0.2, 0.25) is 0 Å². The number of ether oxygens (including phenoxy) is 3. The second-order valence-corrected chi connectivity index (χ2v) is 4.65. The van der Waals surface area contributed by atoms with Crippen LogP contribution in [-0.2, 0) is 19.0 Å². The summed E-state index contributed by atoms with van der Waals surface area (Å²) < 4.78 is 15.2. The molecule has 8 heteroatoms. The number of aliphatic hydroxyl groups excluding tert-OH is 4. The van der Waals surface area contributed by atoms with Gasteiger partial charge < -0.3 is 34.6 Å². The van der Waals surface area contributed by atoms with E-state index in [9.17, 15) is 20.1 Å². The van der Waals surface area contributed by atoms with Gasteiger partial charge >= 0.3 is 5.97 Å². The van der Waals surface area contributed by atoms with Crippen LogP contribution in [0.25, 0.3) is 0 Å². The van der Waals surface area contributed by atoms with Gasteiger partial charge in [0, 0.05) is 12.7 Å². The highest BCUT2D eigenvalue weighted by atomic mass is 16.7. The highest BCUT2D eigenvalue weighted by Gasteiger charge is 2.43. The summed E-state index contributed by atoms with van der Waals surface area (Å²) in [4.78, 5) is 10.8. The number of rotatable bonds is 8. The van der Waals surface area contributed by atoms with E-state index in [0.717, 1.165) is 6.08 Å². The largest absolute Gasteiger partial charge is 0.463 e. The van der Waals surface area contributed by atoms with Gasteiger partial charge in [-0.3, -0.25) is 0 Å². The molecule has 0 aliphatic carbocycles. The minimum Gasteiger partial charge on any atom is -0.463 e. The van der Waals surface area contributed by atoms with Gasteiger partial charge in [0.25, 0.3) is 0 Å². The number of hydrogen-bond acceptors (Lipinski definition) is 8. The molecule has 21 heavy (non-hydrogen) atoms. The summed E-state index contributed by atoms with van der Waals surface area (Å²) in [5.74, 6) is -0.496. The lowest BCUT2D eigenvalue weighted by atomic mass is 9.99. The lowest BCUT2D eigenvalue weighted by Crippen LogP contribution is -2.59. The van der Waals surface area contributed by atoms with Crippen molar-refractivity contribution in [2.45, 2.75) is 43.5 Å². The van der Waals surface area contributed by atoms with Gasteiger partial charge in [-0.1, -0.05) is 6.58 Å². The minimum atomic E-state index is -1.45. The van der Waals surface area contributed by atoms with Gasteiger partial charge in [0.05, 0.1) is 13.2 Å². The first-order chi connectivity index (χ1) is 10.0. The zero-order valence-corrected chi connectivity index (χ0v) is 11.6. The topological polar surface area (TPSA) is 126 Å². The maximum Gasteiger partial charge on any atom is 0.330 e. The summed E-state index contributed by atoms with van der Waals surface area (Å²) in [7, 11) is 0. The van der Waals surface area contributed by atoms with Crippen LogP contribution in [0.4, 0.5) is 0 Å². The van der Waals surface area contributed by atoms with Crippen LogP contribution in [0.5, 0.6) is 0 Å². The van der Waals surface area contributed by atoms with Crippen LogP contribution in [0.3, 0.4) is 0 Å². The molecule has 0 amide bonds. The SMILES string of the molecule is C=CC(=O)OCCCCO[C@@H]1O[C@H](CO)[C@@H](O)[C@H](O)[C@H]1O. The van der Waals surface area contributed by atoms with Crippen molar-refractivity contribution in [2.75, 3.05) is 19.8 Å². The van der Waals surface area contributed by atoms with E-state index < -0.39 is 43.3 Å². The normalized spacial score (nSPS) is 32.7. The summed E-state index contributed by atoms with van der Waals surface area (Å²) in [6, 6.07) is 0. The molecule has 1 fully saturated rings. The predicted molar refractivity (Wildman–Crippen MR) is 70.1 cm³/mol. The first-order valence-electron chi connectivity index (χ1n) is 6.72. The molecule has 0 aromatic rings. The van der Waals surface area contributed by atoms with Gasteiger partial charge in [-0.2, -0.15) is 0 Å². The van der Waals surface area contributed by atoms with E-state index >= 15 is 0 Å². The molecule has 0 aromatic carbocycles. The fourth-order valence-corrected chi connectivity index (χ4v) is 1.84. The standard InChI is InChI=1S/C13H22O8/c1-2-9(15)19-5-3-4-6-20-13-12(18)11(17)10(16)8(7-14)21-13/h2,8,10-14,16-18H,1,3-7H2/t8-,10-,11+,12-,13-/m1/s1. The molecule has 0 unspecified atom stereocenters. The molecular formula is C13H22O8. The minimum absolute atomic E-state index is 0.203. The third-order valence-corrected chi connectivity index (χ3v) is 3.08. The molecule has 122 valence electrons. The molecule has 1 aliphatic rings. The molecule has 0 spiro atoms. The molecule has 0 radical (unpaired) electrons. The highest BCUT2D eigenvalue weighted by molar-refractivity contribution is 5.81. The number of unbranched alkanes of at least 4 members (excludes halogenated alkanes) is 1. The Balaban J connectivity index is 2.24. The Morgan fingerprint density at radius 2 is 1.81 bits per heavy atom. The fourth-order valence-electron chi connectivity index (χ4n) is 1.84. The van der Waals surface area contributed by atoms with Gasteiger partial charge in [-0.15, -0.1) is 0 Å². The van der Waals surface area contributed by atoms with Gasteiger partial charge in [0.2, 0.25) is 0 Å². The van der Waals surface area contributed by atoms with Gasteiger partial charge in [0.1, 0.15) is 24.4 Å². The van der Waals surface area contributed by atoms with E-state index in [-0.39, 0.29) is 13.2 Å². The Morgan fingerprint density at radius 1 is 1.14 bits per heavy atom. The Morgan fingerprint density at radius 3 is 2.43 bits per heavy atom.